The highest BCUT2D eigenvalue weighted by Gasteiger charge is 2.27. The van der Waals surface area contributed by atoms with E-state index in [2.05, 4.69) is 9.97 Å². The lowest BCUT2D eigenvalue weighted by atomic mass is 10.1. The summed E-state index contributed by atoms with van der Waals surface area (Å²) in [6, 6.07) is 3.96. The van der Waals surface area contributed by atoms with Crippen molar-refractivity contribution in [2.45, 2.75) is 0 Å². The fourth-order valence-electron chi connectivity index (χ4n) is 2.52. The molecule has 3 rings (SSSR count). The van der Waals surface area contributed by atoms with E-state index in [9.17, 15) is 14.0 Å². The van der Waals surface area contributed by atoms with Crippen molar-refractivity contribution >= 4 is 23.4 Å². The number of rotatable bonds is 2. The summed E-state index contributed by atoms with van der Waals surface area (Å²) in [6.45, 7) is 1.37. The highest BCUT2D eigenvalue weighted by atomic mass is 35.5. The van der Waals surface area contributed by atoms with E-state index in [0.717, 1.165) is 6.07 Å². The predicted octanol–water partition coefficient (Wildman–Crippen LogP) is 1.87. The molecule has 1 aliphatic heterocycles. The van der Waals surface area contributed by atoms with E-state index in [1.807, 2.05) is 0 Å². The summed E-state index contributed by atoms with van der Waals surface area (Å²) in [4.78, 5) is 35.7. The summed E-state index contributed by atoms with van der Waals surface area (Å²) in [6.07, 6.45) is 4.35. The Morgan fingerprint density at radius 1 is 1.04 bits per heavy atom. The fourth-order valence-corrected chi connectivity index (χ4v) is 2.68. The van der Waals surface area contributed by atoms with Gasteiger partial charge in [0.25, 0.3) is 11.8 Å². The Kier molecular flexibility index (Phi) is 4.71. The van der Waals surface area contributed by atoms with Crippen LogP contribution in [0.1, 0.15) is 20.8 Å². The molecule has 1 aromatic carbocycles. The van der Waals surface area contributed by atoms with E-state index in [4.69, 9.17) is 11.6 Å². The minimum atomic E-state index is -0.648. The van der Waals surface area contributed by atoms with Crippen molar-refractivity contribution in [2.75, 3.05) is 26.2 Å². The third-order valence-corrected chi connectivity index (χ3v) is 4.03. The maximum absolute atomic E-state index is 13.9. The highest BCUT2D eigenvalue weighted by Crippen LogP contribution is 2.17. The van der Waals surface area contributed by atoms with E-state index in [1.54, 1.807) is 4.90 Å². The minimum absolute atomic E-state index is 0.0203. The van der Waals surface area contributed by atoms with E-state index in [-0.39, 0.29) is 22.2 Å². The van der Waals surface area contributed by atoms with Crippen molar-refractivity contribution in [1.29, 1.82) is 0 Å². The summed E-state index contributed by atoms with van der Waals surface area (Å²) in [7, 11) is 0. The molecule has 0 saturated carbocycles. The average molecular weight is 349 g/mol. The summed E-state index contributed by atoms with van der Waals surface area (Å²) in [5.74, 6) is -1.28. The molecule has 1 saturated heterocycles. The van der Waals surface area contributed by atoms with E-state index < -0.39 is 11.7 Å². The van der Waals surface area contributed by atoms with Crippen LogP contribution in [0.15, 0.2) is 36.8 Å². The number of nitrogens with zero attached hydrogens (tertiary/aromatic N) is 4. The van der Waals surface area contributed by atoms with Gasteiger partial charge in [0.2, 0.25) is 0 Å². The fraction of sp³-hybridized carbons (Fsp3) is 0.250. The first-order valence-electron chi connectivity index (χ1n) is 7.36. The number of hydrogen-bond donors (Lipinski definition) is 0. The second-order valence-electron chi connectivity index (χ2n) is 5.30. The van der Waals surface area contributed by atoms with Gasteiger partial charge in [0.15, 0.2) is 0 Å². The Morgan fingerprint density at radius 3 is 2.29 bits per heavy atom. The van der Waals surface area contributed by atoms with Crippen LogP contribution in [0.2, 0.25) is 5.02 Å². The van der Waals surface area contributed by atoms with Crippen LogP contribution in [-0.2, 0) is 0 Å². The van der Waals surface area contributed by atoms with Crippen LogP contribution in [-0.4, -0.2) is 57.8 Å². The number of aromatic nitrogens is 2. The van der Waals surface area contributed by atoms with Gasteiger partial charge in [-0.3, -0.25) is 14.6 Å². The summed E-state index contributed by atoms with van der Waals surface area (Å²) < 4.78 is 13.9. The van der Waals surface area contributed by atoms with Crippen molar-refractivity contribution < 1.29 is 14.0 Å². The summed E-state index contributed by atoms with van der Waals surface area (Å²) >= 11 is 5.70. The molecule has 0 bridgehead atoms. The van der Waals surface area contributed by atoms with Gasteiger partial charge in [0.05, 0.1) is 11.8 Å². The number of carbonyl (C=O) groups is 2. The predicted molar refractivity (Wildman–Crippen MR) is 85.2 cm³/mol. The largest absolute Gasteiger partial charge is 0.335 e. The van der Waals surface area contributed by atoms with Crippen molar-refractivity contribution in [3.05, 3.63) is 58.9 Å². The molecule has 2 heterocycles. The maximum Gasteiger partial charge on any atom is 0.274 e. The Balaban J connectivity index is 1.64. The molecule has 0 radical (unpaired) electrons. The van der Waals surface area contributed by atoms with Crippen LogP contribution in [0, 0.1) is 5.82 Å². The molecule has 2 amide bonds. The van der Waals surface area contributed by atoms with E-state index in [0.29, 0.717) is 26.2 Å². The van der Waals surface area contributed by atoms with Crippen molar-refractivity contribution in [1.82, 2.24) is 19.8 Å². The molecule has 6 nitrogen and oxygen atoms in total. The molecule has 1 fully saturated rings. The second kappa shape index (κ2) is 6.92. The Hall–Kier alpha value is -2.54. The zero-order valence-corrected chi connectivity index (χ0v) is 13.4. The molecule has 124 valence electrons. The third-order valence-electron chi connectivity index (χ3n) is 3.80. The van der Waals surface area contributed by atoms with Gasteiger partial charge in [-0.2, -0.15) is 0 Å². The summed E-state index contributed by atoms with van der Waals surface area (Å²) in [5.41, 5.74) is 0.245. The van der Waals surface area contributed by atoms with E-state index in [1.165, 1.54) is 35.6 Å². The first-order valence-corrected chi connectivity index (χ1v) is 7.73. The van der Waals surface area contributed by atoms with Crippen molar-refractivity contribution in [2.24, 2.45) is 0 Å². The van der Waals surface area contributed by atoms with Crippen LogP contribution in [0.4, 0.5) is 4.39 Å². The van der Waals surface area contributed by atoms with Gasteiger partial charge >= 0.3 is 0 Å². The highest BCUT2D eigenvalue weighted by molar-refractivity contribution is 6.30. The second-order valence-corrected chi connectivity index (χ2v) is 5.74. The number of carbonyl (C=O) groups excluding carboxylic acids is 2. The van der Waals surface area contributed by atoms with Gasteiger partial charge in [0, 0.05) is 43.6 Å². The number of hydrogen-bond acceptors (Lipinski definition) is 4. The van der Waals surface area contributed by atoms with Crippen LogP contribution < -0.4 is 0 Å². The molecule has 0 N–H and O–H groups in total. The van der Waals surface area contributed by atoms with Gasteiger partial charge in [-0.05, 0) is 18.2 Å². The first-order chi connectivity index (χ1) is 11.6. The van der Waals surface area contributed by atoms with E-state index >= 15 is 0 Å². The molecular formula is C16H14ClFN4O2. The van der Waals surface area contributed by atoms with Gasteiger partial charge in [-0.15, -0.1) is 0 Å². The van der Waals surface area contributed by atoms with Crippen LogP contribution >= 0.6 is 11.6 Å². The smallest absolute Gasteiger partial charge is 0.274 e. The topological polar surface area (TPSA) is 66.4 Å². The average Bonchev–Trinajstić information content (AvgIpc) is 2.61. The molecule has 2 aromatic rings. The van der Waals surface area contributed by atoms with Crippen LogP contribution in [0.5, 0.6) is 0 Å². The Labute approximate surface area is 142 Å². The molecule has 8 heteroatoms. The van der Waals surface area contributed by atoms with Gasteiger partial charge < -0.3 is 9.80 Å². The molecule has 24 heavy (non-hydrogen) atoms. The summed E-state index contributed by atoms with van der Waals surface area (Å²) in [5, 5.41) is 0.239. The van der Waals surface area contributed by atoms with Gasteiger partial charge in [0.1, 0.15) is 11.5 Å². The third kappa shape index (κ3) is 3.35. The Bertz CT molecular complexity index is 764. The monoisotopic (exact) mass is 348 g/mol. The standard InChI is InChI=1S/C16H14ClFN4O2/c17-11-1-2-12(13(18)9-11)15(23)21-5-7-22(8-6-21)16(24)14-10-19-3-4-20-14/h1-4,9-10H,5-8H2. The SMILES string of the molecule is O=C(c1cnccn1)N1CCN(C(=O)c2ccc(Cl)cc2F)CC1. The number of benzene rings is 1. The molecule has 0 atom stereocenters. The van der Waals surface area contributed by atoms with Crippen LogP contribution in [0.3, 0.4) is 0 Å². The quantitative estimate of drug-likeness (QED) is 0.831. The van der Waals surface area contributed by atoms with Crippen LogP contribution in [0.25, 0.3) is 0 Å². The molecule has 0 unspecified atom stereocenters. The minimum Gasteiger partial charge on any atom is -0.335 e. The molecule has 1 aliphatic rings. The lowest BCUT2D eigenvalue weighted by molar-refractivity contribution is 0.0529. The zero-order chi connectivity index (χ0) is 17.1. The lowest BCUT2D eigenvalue weighted by Gasteiger charge is -2.34. The number of amides is 2. The molecule has 0 spiro atoms. The van der Waals surface area contributed by atoms with Gasteiger partial charge in [-0.25, -0.2) is 9.37 Å². The zero-order valence-electron chi connectivity index (χ0n) is 12.7. The van der Waals surface area contributed by atoms with Crippen molar-refractivity contribution in [3.8, 4) is 0 Å². The molecule has 1 aromatic heterocycles. The van der Waals surface area contributed by atoms with Crippen molar-refractivity contribution in [3.63, 3.8) is 0 Å². The molecule has 0 aliphatic carbocycles. The number of piperazine rings is 1. The number of halogens is 2. The Morgan fingerprint density at radius 2 is 1.71 bits per heavy atom. The van der Waals surface area contributed by atoms with Gasteiger partial charge in [-0.1, -0.05) is 11.6 Å². The maximum atomic E-state index is 13.9. The molecular weight excluding hydrogens is 335 g/mol. The normalized spacial score (nSPS) is 14.6. The lowest BCUT2D eigenvalue weighted by Crippen LogP contribution is -2.50. The first kappa shape index (κ1) is 16.3.